The lowest BCUT2D eigenvalue weighted by Crippen LogP contribution is -2.29. The van der Waals surface area contributed by atoms with Crippen LogP contribution in [0.5, 0.6) is 0 Å². The first-order valence-electron chi connectivity index (χ1n) is 5.44. The molecule has 0 saturated carbocycles. The molecule has 0 bridgehead atoms. The number of nitrogens with zero attached hydrogens (tertiary/aromatic N) is 1. The van der Waals surface area contributed by atoms with Gasteiger partial charge in [0.2, 0.25) is 0 Å². The number of carbonyl (C=O) groups is 1. The van der Waals surface area contributed by atoms with Crippen molar-refractivity contribution < 1.29 is 9.53 Å². The van der Waals surface area contributed by atoms with Crippen molar-refractivity contribution in [2.75, 3.05) is 20.1 Å². The molecule has 0 aromatic heterocycles. The lowest BCUT2D eigenvalue weighted by atomic mass is 10.2. The monoisotopic (exact) mass is 201 g/mol. The lowest BCUT2D eigenvalue weighted by molar-refractivity contribution is -0.148. The number of likely N-dealkylation sites (N-methyl/N-ethyl adjacent to an activating group) is 1. The first-order chi connectivity index (χ1) is 6.56. The Labute approximate surface area is 87.4 Å². The van der Waals surface area contributed by atoms with E-state index in [-0.39, 0.29) is 12.1 Å². The summed E-state index contributed by atoms with van der Waals surface area (Å²) < 4.78 is 5.05. The normalized spacial score (nSPS) is 11.0. The molecule has 84 valence electrons. The minimum Gasteiger partial charge on any atom is -0.462 e. The Morgan fingerprint density at radius 3 is 2.50 bits per heavy atom. The fourth-order valence-corrected chi connectivity index (χ4v) is 1.23. The zero-order valence-electron chi connectivity index (χ0n) is 9.88. The first-order valence-corrected chi connectivity index (χ1v) is 5.44. The maximum atomic E-state index is 11.2. The molecule has 0 N–H and O–H groups in total. The minimum atomic E-state index is -0.126. The third kappa shape index (κ3) is 8.05. The summed E-state index contributed by atoms with van der Waals surface area (Å²) in [7, 11) is 1.96. The highest BCUT2D eigenvalue weighted by atomic mass is 16.5. The van der Waals surface area contributed by atoms with Crippen LogP contribution < -0.4 is 0 Å². The lowest BCUT2D eigenvalue weighted by Gasteiger charge is -2.16. The van der Waals surface area contributed by atoms with Crippen molar-refractivity contribution in [2.45, 2.75) is 46.1 Å². The number of esters is 1. The van der Waals surface area contributed by atoms with Crippen LogP contribution in [-0.2, 0) is 9.53 Å². The van der Waals surface area contributed by atoms with Gasteiger partial charge in [-0.05, 0) is 33.9 Å². The van der Waals surface area contributed by atoms with Crippen molar-refractivity contribution >= 4 is 5.97 Å². The molecular formula is C11H23NO2. The summed E-state index contributed by atoms with van der Waals surface area (Å²) in [4.78, 5) is 13.2. The second-order valence-corrected chi connectivity index (χ2v) is 3.98. The standard InChI is InChI=1S/C11H23NO2/c1-5-6-7-8-12(4)9-11(13)14-10(2)3/h10H,5-9H2,1-4H3. The first kappa shape index (κ1) is 13.4. The molecule has 0 fully saturated rings. The van der Waals surface area contributed by atoms with E-state index in [4.69, 9.17) is 4.74 Å². The maximum absolute atomic E-state index is 11.2. The number of carbonyl (C=O) groups excluding carboxylic acids is 1. The molecule has 0 aromatic carbocycles. The summed E-state index contributed by atoms with van der Waals surface area (Å²) in [5.41, 5.74) is 0. The van der Waals surface area contributed by atoms with Crippen LogP contribution in [0.4, 0.5) is 0 Å². The minimum absolute atomic E-state index is 0.00783. The second kappa shape index (κ2) is 7.80. The van der Waals surface area contributed by atoms with Gasteiger partial charge in [0.1, 0.15) is 0 Å². The van der Waals surface area contributed by atoms with Gasteiger partial charge in [0.05, 0.1) is 12.6 Å². The Balaban J connectivity index is 3.50. The number of ether oxygens (including phenoxy) is 1. The summed E-state index contributed by atoms with van der Waals surface area (Å²) in [6, 6.07) is 0. The molecule has 0 unspecified atom stereocenters. The van der Waals surface area contributed by atoms with Crippen LogP contribution in [0.3, 0.4) is 0 Å². The molecule has 0 rings (SSSR count). The van der Waals surface area contributed by atoms with Crippen molar-refractivity contribution in [1.82, 2.24) is 4.90 Å². The van der Waals surface area contributed by atoms with Gasteiger partial charge in [-0.1, -0.05) is 19.8 Å². The Hall–Kier alpha value is -0.570. The van der Waals surface area contributed by atoms with Crippen LogP contribution in [0, 0.1) is 0 Å². The Kier molecular flexibility index (Phi) is 7.48. The van der Waals surface area contributed by atoms with Crippen LogP contribution in [0.25, 0.3) is 0 Å². The quantitative estimate of drug-likeness (QED) is 0.466. The smallest absolute Gasteiger partial charge is 0.320 e. The fourth-order valence-electron chi connectivity index (χ4n) is 1.23. The molecule has 3 heteroatoms. The van der Waals surface area contributed by atoms with Crippen LogP contribution in [0.2, 0.25) is 0 Å². The molecule has 0 aliphatic carbocycles. The van der Waals surface area contributed by atoms with Gasteiger partial charge in [0.15, 0.2) is 0 Å². The van der Waals surface area contributed by atoms with E-state index in [1.54, 1.807) is 0 Å². The number of rotatable bonds is 7. The fraction of sp³-hybridized carbons (Fsp3) is 0.909. The molecule has 3 nitrogen and oxygen atoms in total. The van der Waals surface area contributed by atoms with Crippen molar-refractivity contribution in [3.8, 4) is 0 Å². The van der Waals surface area contributed by atoms with E-state index < -0.39 is 0 Å². The zero-order valence-corrected chi connectivity index (χ0v) is 9.88. The SMILES string of the molecule is CCCCCN(C)CC(=O)OC(C)C. The van der Waals surface area contributed by atoms with E-state index in [0.29, 0.717) is 6.54 Å². The molecule has 0 aromatic rings. The number of unbranched alkanes of at least 4 members (excludes halogenated alkanes) is 2. The Morgan fingerprint density at radius 1 is 1.36 bits per heavy atom. The van der Waals surface area contributed by atoms with E-state index >= 15 is 0 Å². The molecule has 0 radical (unpaired) electrons. The van der Waals surface area contributed by atoms with Gasteiger partial charge < -0.3 is 4.74 Å². The van der Waals surface area contributed by atoms with Crippen LogP contribution in [0.1, 0.15) is 40.0 Å². The van der Waals surface area contributed by atoms with Crippen LogP contribution >= 0.6 is 0 Å². The van der Waals surface area contributed by atoms with Gasteiger partial charge in [-0.25, -0.2) is 0 Å². The van der Waals surface area contributed by atoms with Gasteiger partial charge >= 0.3 is 5.97 Å². The molecule has 0 aliphatic rings. The van der Waals surface area contributed by atoms with E-state index in [1.165, 1.54) is 12.8 Å². The van der Waals surface area contributed by atoms with Gasteiger partial charge in [0, 0.05) is 0 Å². The van der Waals surface area contributed by atoms with Crippen LogP contribution in [-0.4, -0.2) is 37.1 Å². The zero-order chi connectivity index (χ0) is 11.0. The average molecular weight is 201 g/mol. The molecule has 0 amide bonds. The third-order valence-electron chi connectivity index (χ3n) is 1.91. The van der Waals surface area contributed by atoms with Gasteiger partial charge in [-0.2, -0.15) is 0 Å². The summed E-state index contributed by atoms with van der Waals surface area (Å²) >= 11 is 0. The molecule has 0 spiro atoms. The van der Waals surface area contributed by atoms with Crippen molar-refractivity contribution in [3.63, 3.8) is 0 Å². The highest BCUT2D eigenvalue weighted by Gasteiger charge is 2.08. The van der Waals surface area contributed by atoms with Gasteiger partial charge in [-0.3, -0.25) is 9.69 Å². The molecule has 14 heavy (non-hydrogen) atoms. The summed E-state index contributed by atoms with van der Waals surface area (Å²) in [5, 5.41) is 0. The largest absolute Gasteiger partial charge is 0.462 e. The van der Waals surface area contributed by atoms with Gasteiger partial charge in [0.25, 0.3) is 0 Å². The Bertz CT molecular complexity index is 157. The third-order valence-corrected chi connectivity index (χ3v) is 1.91. The summed E-state index contributed by atoms with van der Waals surface area (Å²) in [6.45, 7) is 7.29. The van der Waals surface area contributed by atoms with Crippen molar-refractivity contribution in [1.29, 1.82) is 0 Å². The average Bonchev–Trinajstić information content (AvgIpc) is 2.02. The van der Waals surface area contributed by atoms with E-state index in [9.17, 15) is 4.79 Å². The highest BCUT2D eigenvalue weighted by Crippen LogP contribution is 1.97. The number of hydrogen-bond donors (Lipinski definition) is 0. The highest BCUT2D eigenvalue weighted by molar-refractivity contribution is 5.71. The molecule has 0 atom stereocenters. The van der Waals surface area contributed by atoms with E-state index in [0.717, 1.165) is 13.0 Å². The van der Waals surface area contributed by atoms with Crippen molar-refractivity contribution in [2.24, 2.45) is 0 Å². The maximum Gasteiger partial charge on any atom is 0.320 e. The predicted molar refractivity (Wildman–Crippen MR) is 58.3 cm³/mol. The predicted octanol–water partition coefficient (Wildman–Crippen LogP) is 2.06. The molecule has 0 saturated heterocycles. The molecule has 0 heterocycles. The summed E-state index contributed by atoms with van der Waals surface area (Å²) in [5.74, 6) is -0.126. The topological polar surface area (TPSA) is 29.5 Å². The molecule has 0 aliphatic heterocycles. The van der Waals surface area contributed by atoms with Crippen molar-refractivity contribution in [3.05, 3.63) is 0 Å². The number of hydrogen-bond acceptors (Lipinski definition) is 3. The second-order valence-electron chi connectivity index (χ2n) is 3.98. The van der Waals surface area contributed by atoms with E-state index in [1.807, 2.05) is 25.8 Å². The van der Waals surface area contributed by atoms with Gasteiger partial charge in [-0.15, -0.1) is 0 Å². The molecular weight excluding hydrogens is 178 g/mol. The van der Waals surface area contributed by atoms with E-state index in [2.05, 4.69) is 6.92 Å². The Morgan fingerprint density at radius 2 is 2.00 bits per heavy atom. The van der Waals surface area contributed by atoms with Crippen LogP contribution in [0.15, 0.2) is 0 Å². The summed E-state index contributed by atoms with van der Waals surface area (Å²) in [6.07, 6.45) is 3.59.